The van der Waals surface area contributed by atoms with Crippen LogP contribution in [0.2, 0.25) is 0 Å². The van der Waals surface area contributed by atoms with Crippen molar-refractivity contribution in [2.75, 3.05) is 6.54 Å². The number of alkyl carbamates (subject to hydrolysis) is 1. The molecule has 0 aliphatic carbocycles. The molecule has 0 spiro atoms. The summed E-state index contributed by atoms with van der Waals surface area (Å²) in [5, 5.41) is 5.73. The lowest BCUT2D eigenvalue weighted by Crippen LogP contribution is -2.45. The Morgan fingerprint density at radius 2 is 1.92 bits per heavy atom. The zero-order valence-electron chi connectivity index (χ0n) is 14.1. The molecule has 1 heterocycles. The van der Waals surface area contributed by atoms with Crippen LogP contribution in [0.4, 0.5) is 4.79 Å². The molecular weight excluding hydrogens is 342 g/mol. The number of rotatable bonds is 5. The summed E-state index contributed by atoms with van der Waals surface area (Å²) in [5.74, 6) is -1.24. The van der Waals surface area contributed by atoms with E-state index in [1.807, 2.05) is 0 Å². The summed E-state index contributed by atoms with van der Waals surface area (Å²) in [6.45, 7) is 7.39. The number of aryl methyl sites for hydroxylation is 2. The smallest absolute Gasteiger partial charge is 0.407 e. The van der Waals surface area contributed by atoms with E-state index in [0.717, 1.165) is 0 Å². The van der Waals surface area contributed by atoms with Gasteiger partial charge in [-0.15, -0.1) is 0 Å². The minimum Gasteiger partial charge on any atom is -0.444 e. The fraction of sp³-hybridized carbons (Fsp3) is 0.615. The summed E-state index contributed by atoms with van der Waals surface area (Å²) in [5.41, 5.74) is 4.85. The first-order valence-corrected chi connectivity index (χ1v) is 8.38. The zero-order valence-corrected chi connectivity index (χ0v) is 14.9. The van der Waals surface area contributed by atoms with E-state index in [1.54, 1.807) is 20.8 Å². The molecule has 3 N–H and O–H groups in total. The maximum absolute atomic E-state index is 12.1. The van der Waals surface area contributed by atoms with Gasteiger partial charge in [-0.05, 0) is 34.6 Å². The second kappa shape index (κ2) is 7.18. The van der Waals surface area contributed by atoms with Crippen LogP contribution in [0.3, 0.4) is 0 Å². The minimum atomic E-state index is -4.42. The quantitative estimate of drug-likeness (QED) is 0.707. The Morgan fingerprint density at radius 1 is 1.33 bits per heavy atom. The standard InChI is InChI=1S/C13H21N3O7S/c1-7-10(8(2)22-16-7)24(19,20)23-11(17)9(14)6-15-12(18)21-13(3,4)5/h9H,6,14H2,1-5H3,(H,15,18)/t9-/m0/s1. The minimum absolute atomic E-state index is 0.0132. The molecule has 0 unspecified atom stereocenters. The highest BCUT2D eigenvalue weighted by molar-refractivity contribution is 7.87. The van der Waals surface area contributed by atoms with Gasteiger partial charge in [-0.3, -0.25) is 0 Å². The molecule has 0 saturated carbocycles. The van der Waals surface area contributed by atoms with Crippen molar-refractivity contribution in [2.45, 2.75) is 51.2 Å². The van der Waals surface area contributed by atoms with E-state index in [2.05, 4.69) is 14.7 Å². The van der Waals surface area contributed by atoms with Crippen molar-refractivity contribution in [3.63, 3.8) is 0 Å². The van der Waals surface area contributed by atoms with Crippen molar-refractivity contribution in [1.82, 2.24) is 10.5 Å². The van der Waals surface area contributed by atoms with Gasteiger partial charge in [0, 0.05) is 6.54 Å². The van der Waals surface area contributed by atoms with Crippen LogP contribution >= 0.6 is 0 Å². The molecule has 1 aromatic heterocycles. The molecule has 1 atom stereocenters. The number of nitrogens with zero attached hydrogens (tertiary/aromatic N) is 1. The Kier molecular flexibility index (Phi) is 5.95. The van der Waals surface area contributed by atoms with Crippen LogP contribution in [-0.4, -0.2) is 43.8 Å². The number of ether oxygens (including phenoxy) is 1. The normalized spacial score (nSPS) is 13.2. The van der Waals surface area contributed by atoms with Crippen molar-refractivity contribution < 1.29 is 31.4 Å². The highest BCUT2D eigenvalue weighted by Gasteiger charge is 2.31. The lowest BCUT2D eigenvalue weighted by molar-refractivity contribution is -0.135. The SMILES string of the molecule is Cc1noc(C)c1S(=O)(=O)OC(=O)[C@@H](N)CNC(=O)OC(C)(C)C. The number of carbonyl (C=O) groups excluding carboxylic acids is 2. The van der Waals surface area contributed by atoms with Crippen molar-refractivity contribution in [2.24, 2.45) is 5.73 Å². The van der Waals surface area contributed by atoms with Gasteiger partial charge < -0.3 is 24.5 Å². The monoisotopic (exact) mass is 363 g/mol. The summed E-state index contributed by atoms with van der Waals surface area (Å²) in [6, 6.07) is -1.40. The second-order valence-electron chi connectivity index (χ2n) is 6.00. The number of nitrogens with two attached hydrogens (primary N) is 1. The predicted molar refractivity (Wildman–Crippen MR) is 81.5 cm³/mol. The second-order valence-corrected chi connectivity index (χ2v) is 7.48. The van der Waals surface area contributed by atoms with E-state index in [-0.39, 0.29) is 22.9 Å². The van der Waals surface area contributed by atoms with E-state index in [1.165, 1.54) is 13.8 Å². The number of hydrogen-bond donors (Lipinski definition) is 2. The third kappa shape index (κ3) is 5.49. The molecule has 0 radical (unpaired) electrons. The molecule has 11 heteroatoms. The van der Waals surface area contributed by atoms with E-state index in [9.17, 15) is 18.0 Å². The maximum Gasteiger partial charge on any atom is 0.407 e. The number of hydrogen-bond acceptors (Lipinski definition) is 9. The van der Waals surface area contributed by atoms with Gasteiger partial charge in [0.25, 0.3) is 0 Å². The van der Waals surface area contributed by atoms with Crippen LogP contribution in [0.5, 0.6) is 0 Å². The van der Waals surface area contributed by atoms with Gasteiger partial charge >= 0.3 is 22.2 Å². The first kappa shape index (κ1) is 19.9. The average Bonchev–Trinajstić information content (AvgIpc) is 2.73. The Labute approximate surface area is 139 Å². The van der Waals surface area contributed by atoms with Gasteiger partial charge in [0.1, 0.15) is 17.3 Å². The van der Waals surface area contributed by atoms with Gasteiger partial charge in [0.15, 0.2) is 10.7 Å². The van der Waals surface area contributed by atoms with Crippen molar-refractivity contribution >= 4 is 22.2 Å². The van der Waals surface area contributed by atoms with Crippen LogP contribution < -0.4 is 11.1 Å². The predicted octanol–water partition coefficient (Wildman–Crippen LogP) is 0.375. The lowest BCUT2D eigenvalue weighted by Gasteiger charge is -2.20. The fourth-order valence-electron chi connectivity index (χ4n) is 1.63. The van der Waals surface area contributed by atoms with E-state index in [0.29, 0.717) is 0 Å². The van der Waals surface area contributed by atoms with Gasteiger partial charge in [-0.1, -0.05) is 5.16 Å². The lowest BCUT2D eigenvalue weighted by atomic mass is 10.2. The van der Waals surface area contributed by atoms with Gasteiger partial charge in [0.05, 0.1) is 0 Å². The van der Waals surface area contributed by atoms with Crippen LogP contribution in [0.25, 0.3) is 0 Å². The average molecular weight is 363 g/mol. The number of carbonyl (C=O) groups is 2. The van der Waals surface area contributed by atoms with Crippen molar-refractivity contribution in [1.29, 1.82) is 0 Å². The summed E-state index contributed by atoms with van der Waals surface area (Å²) in [7, 11) is -4.42. The van der Waals surface area contributed by atoms with E-state index in [4.69, 9.17) is 15.0 Å². The molecule has 0 fully saturated rings. The Balaban J connectivity index is 2.66. The molecule has 0 aromatic carbocycles. The first-order chi connectivity index (χ1) is 10.8. The zero-order chi connectivity index (χ0) is 18.7. The highest BCUT2D eigenvalue weighted by Crippen LogP contribution is 2.21. The number of nitrogens with one attached hydrogen (secondary N) is 1. The van der Waals surface area contributed by atoms with Gasteiger partial charge in [-0.2, -0.15) is 8.42 Å². The van der Waals surface area contributed by atoms with Gasteiger partial charge in [-0.25, -0.2) is 9.59 Å². The Hall–Kier alpha value is -2.14. The molecule has 0 aliphatic heterocycles. The van der Waals surface area contributed by atoms with Crippen LogP contribution in [-0.2, 0) is 23.8 Å². The summed E-state index contributed by atoms with van der Waals surface area (Å²) < 4.78 is 38.3. The molecule has 24 heavy (non-hydrogen) atoms. The third-order valence-corrected chi connectivity index (χ3v) is 4.04. The number of amides is 1. The Bertz CT molecular complexity index is 699. The third-order valence-electron chi connectivity index (χ3n) is 2.58. The molecule has 0 aliphatic rings. The van der Waals surface area contributed by atoms with Crippen LogP contribution in [0, 0.1) is 13.8 Å². The topological polar surface area (TPSA) is 151 Å². The molecule has 136 valence electrons. The molecule has 0 bridgehead atoms. The molecule has 1 aromatic rings. The summed E-state index contributed by atoms with van der Waals surface area (Å²) in [6.07, 6.45) is -0.792. The summed E-state index contributed by atoms with van der Waals surface area (Å²) in [4.78, 5) is 22.9. The largest absolute Gasteiger partial charge is 0.444 e. The first-order valence-electron chi connectivity index (χ1n) is 6.97. The maximum atomic E-state index is 12.1. The number of aromatic nitrogens is 1. The van der Waals surface area contributed by atoms with Crippen LogP contribution in [0.15, 0.2) is 9.42 Å². The Morgan fingerprint density at radius 3 is 2.38 bits per heavy atom. The van der Waals surface area contributed by atoms with Gasteiger partial charge in [0.2, 0.25) is 0 Å². The molecule has 0 saturated heterocycles. The molecular formula is C13H21N3O7S. The fourth-order valence-corrected chi connectivity index (χ4v) is 2.85. The van der Waals surface area contributed by atoms with E-state index >= 15 is 0 Å². The van der Waals surface area contributed by atoms with Crippen molar-refractivity contribution in [3.8, 4) is 0 Å². The molecule has 1 amide bonds. The molecule has 1 rings (SSSR count). The highest BCUT2D eigenvalue weighted by atomic mass is 32.2. The molecule has 10 nitrogen and oxygen atoms in total. The van der Waals surface area contributed by atoms with Crippen LogP contribution in [0.1, 0.15) is 32.2 Å². The summed E-state index contributed by atoms with van der Waals surface area (Å²) >= 11 is 0. The van der Waals surface area contributed by atoms with E-state index < -0.39 is 33.8 Å². The van der Waals surface area contributed by atoms with Crippen molar-refractivity contribution in [3.05, 3.63) is 11.5 Å².